The van der Waals surface area contributed by atoms with Crippen molar-refractivity contribution >= 4 is 17.4 Å². The lowest BCUT2D eigenvalue weighted by Crippen LogP contribution is -2.30. The fourth-order valence-corrected chi connectivity index (χ4v) is 4.14. The van der Waals surface area contributed by atoms with Gasteiger partial charge < -0.3 is 10.2 Å². The number of benzene rings is 1. The van der Waals surface area contributed by atoms with E-state index in [4.69, 9.17) is 11.6 Å². The molecular formula is C21H26ClFN4. The van der Waals surface area contributed by atoms with Gasteiger partial charge in [-0.15, -0.1) is 10.2 Å². The molecule has 0 spiro atoms. The summed E-state index contributed by atoms with van der Waals surface area (Å²) in [6, 6.07) is 8.49. The van der Waals surface area contributed by atoms with E-state index in [-0.39, 0.29) is 5.82 Å². The molecule has 1 aromatic carbocycles. The van der Waals surface area contributed by atoms with Crippen molar-refractivity contribution in [2.24, 2.45) is 17.3 Å². The van der Waals surface area contributed by atoms with E-state index >= 15 is 0 Å². The molecule has 0 amide bonds. The Kier molecular flexibility index (Phi) is 4.85. The molecule has 4 nitrogen and oxygen atoms in total. The smallest absolute Gasteiger partial charge is 0.148 e. The second-order valence-electron chi connectivity index (χ2n) is 9.00. The molecule has 0 unspecified atom stereocenters. The Morgan fingerprint density at radius 1 is 1.15 bits per heavy atom. The molecule has 1 aliphatic carbocycles. The Hall–Kier alpha value is -1.72. The highest BCUT2D eigenvalue weighted by Gasteiger charge is 2.55. The van der Waals surface area contributed by atoms with Crippen molar-refractivity contribution in [2.45, 2.75) is 33.2 Å². The largest absolute Gasteiger partial charge is 0.365 e. The summed E-state index contributed by atoms with van der Waals surface area (Å²) in [6.45, 7) is 10.4. The maximum absolute atomic E-state index is 13.5. The van der Waals surface area contributed by atoms with E-state index in [1.807, 2.05) is 12.1 Å². The Bertz CT molecular complexity index is 806. The molecule has 27 heavy (non-hydrogen) atoms. The van der Waals surface area contributed by atoms with Crippen LogP contribution in [-0.2, 0) is 0 Å². The molecule has 1 aromatic heterocycles. The second kappa shape index (κ2) is 7.02. The van der Waals surface area contributed by atoms with Crippen molar-refractivity contribution in [1.29, 1.82) is 0 Å². The van der Waals surface area contributed by atoms with Crippen LogP contribution in [0.3, 0.4) is 0 Å². The first-order chi connectivity index (χ1) is 12.8. The number of piperidine rings is 1. The summed E-state index contributed by atoms with van der Waals surface area (Å²) in [7, 11) is 0. The lowest BCUT2D eigenvalue weighted by atomic mass is 9.92. The molecule has 2 aromatic rings. The number of nitrogens with one attached hydrogen (secondary N) is 1. The molecule has 2 aliphatic rings. The molecule has 1 N–H and O–H groups in total. The third kappa shape index (κ3) is 4.25. The number of fused-ring (bicyclic) bond motifs is 1. The average molecular weight is 389 g/mol. The number of nitrogens with zero attached hydrogens (tertiary/aromatic N) is 3. The number of anilines is 1. The molecule has 144 valence electrons. The molecule has 6 heteroatoms. The number of hydrogen-bond acceptors (Lipinski definition) is 4. The van der Waals surface area contributed by atoms with E-state index in [0.717, 1.165) is 5.82 Å². The molecular weight excluding hydrogens is 363 g/mol. The summed E-state index contributed by atoms with van der Waals surface area (Å²) in [4.78, 5) is 2.58. The Labute approximate surface area is 165 Å². The summed E-state index contributed by atoms with van der Waals surface area (Å²) < 4.78 is 13.5. The third-order valence-corrected chi connectivity index (χ3v) is 5.96. The van der Waals surface area contributed by atoms with Gasteiger partial charge in [0.15, 0.2) is 0 Å². The van der Waals surface area contributed by atoms with Gasteiger partial charge >= 0.3 is 0 Å². The Morgan fingerprint density at radius 2 is 1.89 bits per heavy atom. The zero-order chi connectivity index (χ0) is 19.2. The molecule has 3 atom stereocenters. The third-order valence-electron chi connectivity index (χ3n) is 5.63. The minimum absolute atomic E-state index is 0.333. The molecule has 2 heterocycles. The molecule has 1 saturated heterocycles. The van der Waals surface area contributed by atoms with Crippen molar-refractivity contribution in [3.05, 3.63) is 41.2 Å². The maximum atomic E-state index is 13.5. The van der Waals surface area contributed by atoms with Crippen LogP contribution < -0.4 is 5.32 Å². The van der Waals surface area contributed by atoms with Gasteiger partial charge in [-0.2, -0.15) is 0 Å². The zero-order valence-electron chi connectivity index (χ0n) is 16.0. The average Bonchev–Trinajstić information content (AvgIpc) is 3.05. The highest BCUT2D eigenvalue weighted by Crippen LogP contribution is 2.47. The minimum atomic E-state index is -0.333. The summed E-state index contributed by atoms with van der Waals surface area (Å²) in [5, 5.41) is 12.5. The number of hydrogen-bond donors (Lipinski definition) is 1. The summed E-state index contributed by atoms with van der Waals surface area (Å²) >= 11 is 6.14. The van der Waals surface area contributed by atoms with Crippen LogP contribution in [0.25, 0.3) is 11.3 Å². The maximum Gasteiger partial charge on any atom is 0.148 e. The lowest BCUT2D eigenvalue weighted by Gasteiger charge is -2.25. The predicted molar refractivity (Wildman–Crippen MR) is 107 cm³/mol. The van der Waals surface area contributed by atoms with Crippen LogP contribution in [0.2, 0.25) is 5.02 Å². The standard InChI is InChI=1S/C21H26ClFN4/c1-21(2,3)8-9-27-11-15-16(12-27)20(15)24-19-7-6-18(25-26-19)14-10-13(23)4-5-17(14)22/h4-7,10,15-16,20H,8-9,11-12H2,1-3H3,(H,24,26)/t15-,16+,20+. The Balaban J connectivity index is 1.32. The number of halogens is 2. The molecule has 1 saturated carbocycles. The molecule has 0 bridgehead atoms. The van der Waals surface area contributed by atoms with Gasteiger partial charge in [-0.05, 0) is 60.5 Å². The monoisotopic (exact) mass is 388 g/mol. The summed E-state index contributed by atoms with van der Waals surface area (Å²) in [5.74, 6) is 1.86. The van der Waals surface area contributed by atoms with Gasteiger partial charge in [-0.3, -0.25) is 0 Å². The van der Waals surface area contributed by atoms with Crippen LogP contribution in [0, 0.1) is 23.1 Å². The van der Waals surface area contributed by atoms with Gasteiger partial charge in [-0.1, -0.05) is 32.4 Å². The predicted octanol–water partition coefficient (Wildman–Crippen LogP) is 4.71. The van der Waals surface area contributed by atoms with E-state index in [0.29, 0.717) is 39.6 Å². The van der Waals surface area contributed by atoms with Crippen molar-refractivity contribution < 1.29 is 4.39 Å². The summed E-state index contributed by atoms with van der Waals surface area (Å²) in [5.41, 5.74) is 1.54. The van der Waals surface area contributed by atoms with Crippen LogP contribution in [0.15, 0.2) is 30.3 Å². The molecule has 0 radical (unpaired) electrons. The van der Waals surface area contributed by atoms with Crippen LogP contribution in [-0.4, -0.2) is 40.8 Å². The Morgan fingerprint density at radius 3 is 2.52 bits per heavy atom. The van der Waals surface area contributed by atoms with Gasteiger partial charge in [0.1, 0.15) is 11.6 Å². The number of rotatable bonds is 5. The lowest BCUT2D eigenvalue weighted by molar-refractivity contribution is 0.245. The second-order valence-corrected chi connectivity index (χ2v) is 9.40. The van der Waals surface area contributed by atoms with Gasteiger partial charge in [0.25, 0.3) is 0 Å². The van der Waals surface area contributed by atoms with Crippen molar-refractivity contribution in [1.82, 2.24) is 15.1 Å². The fourth-order valence-electron chi connectivity index (χ4n) is 3.92. The van der Waals surface area contributed by atoms with Crippen molar-refractivity contribution in [3.8, 4) is 11.3 Å². The van der Waals surface area contributed by atoms with Crippen LogP contribution in [0.5, 0.6) is 0 Å². The van der Waals surface area contributed by atoms with E-state index in [9.17, 15) is 4.39 Å². The quantitative estimate of drug-likeness (QED) is 0.805. The SMILES string of the molecule is CC(C)(C)CCN1C[C@@H]2[C@H](C1)[C@H]2Nc1ccc(-c2cc(F)ccc2Cl)nn1. The normalized spacial score (nSPS) is 24.7. The van der Waals surface area contributed by atoms with Crippen LogP contribution >= 0.6 is 11.6 Å². The van der Waals surface area contributed by atoms with E-state index in [1.165, 1.54) is 44.3 Å². The topological polar surface area (TPSA) is 41.0 Å². The van der Waals surface area contributed by atoms with Gasteiger partial charge in [0, 0.05) is 24.7 Å². The number of likely N-dealkylation sites (tertiary alicyclic amines) is 1. The summed E-state index contributed by atoms with van der Waals surface area (Å²) in [6.07, 6.45) is 1.24. The van der Waals surface area contributed by atoms with Crippen molar-refractivity contribution in [3.63, 3.8) is 0 Å². The number of aromatic nitrogens is 2. The van der Waals surface area contributed by atoms with Gasteiger partial charge in [-0.25, -0.2) is 4.39 Å². The van der Waals surface area contributed by atoms with Crippen molar-refractivity contribution in [2.75, 3.05) is 25.0 Å². The fraction of sp³-hybridized carbons (Fsp3) is 0.524. The molecule has 1 aliphatic heterocycles. The van der Waals surface area contributed by atoms with E-state index in [2.05, 4.69) is 41.2 Å². The highest BCUT2D eigenvalue weighted by atomic mass is 35.5. The van der Waals surface area contributed by atoms with Gasteiger partial charge in [0.05, 0.1) is 10.7 Å². The van der Waals surface area contributed by atoms with Gasteiger partial charge in [0.2, 0.25) is 0 Å². The highest BCUT2D eigenvalue weighted by molar-refractivity contribution is 6.33. The zero-order valence-corrected chi connectivity index (χ0v) is 16.8. The van der Waals surface area contributed by atoms with Crippen LogP contribution in [0.4, 0.5) is 10.2 Å². The first kappa shape index (κ1) is 18.6. The first-order valence-corrected chi connectivity index (χ1v) is 9.96. The molecule has 4 rings (SSSR count). The first-order valence-electron chi connectivity index (χ1n) is 9.58. The van der Waals surface area contributed by atoms with Crippen LogP contribution in [0.1, 0.15) is 27.2 Å². The minimum Gasteiger partial charge on any atom is -0.365 e. The van der Waals surface area contributed by atoms with E-state index < -0.39 is 0 Å². The molecule has 2 fully saturated rings. The van der Waals surface area contributed by atoms with E-state index in [1.54, 1.807) is 0 Å².